The van der Waals surface area contributed by atoms with Gasteiger partial charge >= 0.3 is 0 Å². The number of thiophene rings is 1. The van der Waals surface area contributed by atoms with E-state index in [2.05, 4.69) is 15.0 Å². The molecule has 0 unspecified atom stereocenters. The first-order valence-corrected chi connectivity index (χ1v) is 9.71. The van der Waals surface area contributed by atoms with E-state index < -0.39 is 11.6 Å². The van der Waals surface area contributed by atoms with Crippen LogP contribution >= 0.6 is 22.9 Å². The molecule has 140 valence electrons. The lowest BCUT2D eigenvalue weighted by Crippen LogP contribution is -1.98. The predicted octanol–water partition coefficient (Wildman–Crippen LogP) is 5.73. The van der Waals surface area contributed by atoms with Gasteiger partial charge in [0.25, 0.3) is 0 Å². The van der Waals surface area contributed by atoms with Crippen LogP contribution in [0.2, 0.25) is 5.15 Å². The molecule has 1 aromatic carbocycles. The van der Waals surface area contributed by atoms with E-state index in [0.29, 0.717) is 41.0 Å². The lowest BCUT2D eigenvalue weighted by Gasteiger charge is -2.06. The molecule has 1 N–H and O–H groups in total. The number of H-pyrrole nitrogens is 1. The van der Waals surface area contributed by atoms with Crippen LogP contribution in [0.4, 0.5) is 8.78 Å². The van der Waals surface area contributed by atoms with Crippen LogP contribution in [0.25, 0.3) is 32.4 Å². The van der Waals surface area contributed by atoms with Crippen molar-refractivity contribution in [2.75, 3.05) is 6.61 Å². The van der Waals surface area contributed by atoms with Crippen molar-refractivity contribution in [2.24, 2.45) is 0 Å². The molecule has 4 nitrogen and oxygen atoms in total. The topological polar surface area (TPSA) is 50.8 Å². The van der Waals surface area contributed by atoms with Crippen molar-refractivity contribution in [3.63, 3.8) is 0 Å². The molecule has 0 radical (unpaired) electrons. The van der Waals surface area contributed by atoms with Crippen molar-refractivity contribution < 1.29 is 13.5 Å². The maximum Gasteiger partial charge on any atom is 0.146 e. The Bertz CT molecular complexity index is 1200. The molecule has 0 spiro atoms. The van der Waals surface area contributed by atoms with Crippen LogP contribution in [-0.2, 0) is 6.42 Å². The largest absolute Gasteiger partial charge is 0.491 e. The summed E-state index contributed by atoms with van der Waals surface area (Å²) in [6.45, 7) is 0.530. The number of rotatable bonds is 2. The number of ether oxygens (including phenoxy) is 1. The highest BCUT2D eigenvalue weighted by atomic mass is 35.5. The minimum absolute atomic E-state index is 0.242. The van der Waals surface area contributed by atoms with Crippen LogP contribution in [0.3, 0.4) is 0 Å². The van der Waals surface area contributed by atoms with Gasteiger partial charge in [-0.05, 0) is 35.9 Å². The lowest BCUT2D eigenvalue weighted by atomic mass is 10.1. The Balaban J connectivity index is 1.65. The molecule has 5 rings (SSSR count). The molecular formula is C20H12ClF2N3OS. The number of hydrogen-bond donors (Lipinski definition) is 1. The molecule has 0 fully saturated rings. The van der Waals surface area contributed by atoms with Crippen molar-refractivity contribution in [3.8, 4) is 38.1 Å². The second-order valence-corrected chi connectivity index (χ2v) is 7.73. The van der Waals surface area contributed by atoms with Gasteiger partial charge in [0, 0.05) is 18.1 Å². The number of aromatic nitrogens is 3. The number of fused-ring (bicyclic) bond motifs is 3. The van der Waals surface area contributed by atoms with Gasteiger partial charge in [-0.15, -0.1) is 11.3 Å². The number of nitrogens with one attached hydrogen (secondary N) is 1. The minimum atomic E-state index is -0.654. The van der Waals surface area contributed by atoms with Crippen molar-refractivity contribution in [3.05, 3.63) is 65.1 Å². The molecule has 0 saturated heterocycles. The molecule has 28 heavy (non-hydrogen) atoms. The van der Waals surface area contributed by atoms with Crippen LogP contribution in [0.5, 0.6) is 5.75 Å². The molecule has 4 heterocycles. The van der Waals surface area contributed by atoms with Crippen molar-refractivity contribution in [2.45, 2.75) is 6.42 Å². The maximum atomic E-state index is 14.3. The molecule has 8 heteroatoms. The summed E-state index contributed by atoms with van der Waals surface area (Å²) in [6, 6.07) is 9.02. The maximum absolute atomic E-state index is 14.3. The van der Waals surface area contributed by atoms with Crippen molar-refractivity contribution >= 4 is 22.9 Å². The summed E-state index contributed by atoms with van der Waals surface area (Å²) in [5.41, 5.74) is 3.13. The summed E-state index contributed by atoms with van der Waals surface area (Å²) >= 11 is 7.59. The molecule has 4 aromatic rings. The quantitative estimate of drug-likeness (QED) is 0.425. The first kappa shape index (κ1) is 17.3. The number of aromatic amines is 1. The summed E-state index contributed by atoms with van der Waals surface area (Å²) in [7, 11) is 0. The summed E-state index contributed by atoms with van der Waals surface area (Å²) in [4.78, 5) is 13.6. The second kappa shape index (κ2) is 6.68. The molecule has 0 bridgehead atoms. The molecule has 0 amide bonds. The van der Waals surface area contributed by atoms with Crippen LogP contribution in [0.15, 0.2) is 42.7 Å². The minimum Gasteiger partial charge on any atom is -0.491 e. The van der Waals surface area contributed by atoms with Gasteiger partial charge in [-0.2, -0.15) is 0 Å². The average Bonchev–Trinajstić information content (AvgIpc) is 3.27. The molecule has 3 aromatic heterocycles. The first-order valence-electron chi connectivity index (χ1n) is 8.52. The van der Waals surface area contributed by atoms with Crippen LogP contribution < -0.4 is 4.74 Å². The van der Waals surface area contributed by atoms with Gasteiger partial charge in [0.1, 0.15) is 28.2 Å². The summed E-state index contributed by atoms with van der Waals surface area (Å²) in [5, 5.41) is 0.390. The smallest absolute Gasteiger partial charge is 0.146 e. The highest BCUT2D eigenvalue weighted by Gasteiger charge is 2.23. The van der Waals surface area contributed by atoms with Crippen molar-refractivity contribution in [1.29, 1.82) is 0 Å². The molecule has 0 atom stereocenters. The van der Waals surface area contributed by atoms with Crippen LogP contribution in [0.1, 0.15) is 5.56 Å². The van der Waals surface area contributed by atoms with E-state index in [1.54, 1.807) is 6.07 Å². The monoisotopic (exact) mass is 415 g/mol. The van der Waals surface area contributed by atoms with Gasteiger partial charge in [0.15, 0.2) is 0 Å². The number of pyridine rings is 1. The van der Waals surface area contributed by atoms with Crippen LogP contribution in [-0.4, -0.2) is 21.6 Å². The summed E-state index contributed by atoms with van der Waals surface area (Å²) in [5.74, 6) is -0.592. The number of nitrogens with zero attached hydrogens (tertiary/aromatic N) is 2. The Labute approximate surface area is 167 Å². The fourth-order valence-corrected chi connectivity index (χ4v) is 4.64. The van der Waals surface area contributed by atoms with Gasteiger partial charge < -0.3 is 9.72 Å². The normalized spacial score (nSPS) is 12.8. The molecule has 1 aliphatic rings. The van der Waals surface area contributed by atoms with Crippen LogP contribution in [0, 0.1) is 11.6 Å². The number of benzene rings is 1. The van der Waals surface area contributed by atoms with E-state index in [0.717, 1.165) is 21.4 Å². The zero-order valence-electron chi connectivity index (χ0n) is 14.3. The van der Waals surface area contributed by atoms with E-state index in [-0.39, 0.29) is 5.56 Å². The number of hydrogen-bond acceptors (Lipinski definition) is 4. The van der Waals surface area contributed by atoms with E-state index >= 15 is 0 Å². The fraction of sp³-hybridized carbons (Fsp3) is 0.100. The average molecular weight is 416 g/mol. The Kier molecular flexibility index (Phi) is 4.14. The third-order valence-electron chi connectivity index (χ3n) is 4.55. The number of imidazole rings is 1. The lowest BCUT2D eigenvalue weighted by molar-refractivity contribution is 0.325. The van der Waals surface area contributed by atoms with Gasteiger partial charge in [0.05, 0.1) is 34.1 Å². The standard InChI is InChI=1S/C20H12ClF2N3OS/c21-16-4-3-14-18(26-16)20-10(5-6-27-14)7-15(28-20)19-17(24-9-25-19)12-2-1-11(22)8-13(12)23/h1-4,7-9H,5-6H2,(H,24,25). The van der Waals surface area contributed by atoms with E-state index in [1.807, 2.05) is 12.1 Å². The van der Waals surface area contributed by atoms with E-state index in [4.69, 9.17) is 16.3 Å². The van der Waals surface area contributed by atoms with Gasteiger partial charge in [0.2, 0.25) is 0 Å². The molecule has 1 aliphatic heterocycles. The first-order chi connectivity index (χ1) is 13.6. The third-order valence-corrected chi connectivity index (χ3v) is 5.96. The SMILES string of the molecule is Fc1ccc(-c2nc[nH]c2-c2cc3c(s2)-c2nc(Cl)ccc2OCC3)c(F)c1. The van der Waals surface area contributed by atoms with Gasteiger partial charge in [-0.3, -0.25) is 0 Å². The highest BCUT2D eigenvalue weighted by Crippen LogP contribution is 2.44. The Morgan fingerprint density at radius 1 is 1.11 bits per heavy atom. The summed E-state index contributed by atoms with van der Waals surface area (Å²) < 4.78 is 33.4. The second-order valence-electron chi connectivity index (χ2n) is 6.29. The zero-order chi connectivity index (χ0) is 19.3. The summed E-state index contributed by atoms with van der Waals surface area (Å²) in [6.07, 6.45) is 2.22. The molecule has 0 saturated carbocycles. The van der Waals surface area contributed by atoms with Gasteiger partial charge in [-0.25, -0.2) is 18.7 Å². The zero-order valence-corrected chi connectivity index (χ0v) is 15.9. The van der Waals surface area contributed by atoms with E-state index in [1.165, 1.54) is 29.8 Å². The number of halogens is 3. The molecular weight excluding hydrogens is 404 g/mol. The Morgan fingerprint density at radius 3 is 2.86 bits per heavy atom. The fourth-order valence-electron chi connectivity index (χ4n) is 3.28. The third kappa shape index (κ3) is 2.87. The molecule has 0 aliphatic carbocycles. The Hall–Kier alpha value is -2.77. The predicted molar refractivity (Wildman–Crippen MR) is 105 cm³/mol. The van der Waals surface area contributed by atoms with Crippen molar-refractivity contribution in [1.82, 2.24) is 15.0 Å². The Morgan fingerprint density at radius 2 is 2.00 bits per heavy atom. The van der Waals surface area contributed by atoms with Gasteiger partial charge in [-0.1, -0.05) is 11.6 Å². The van der Waals surface area contributed by atoms with E-state index in [9.17, 15) is 8.78 Å². The highest BCUT2D eigenvalue weighted by molar-refractivity contribution is 7.19.